The van der Waals surface area contributed by atoms with Gasteiger partial charge in [-0.2, -0.15) is 0 Å². The fraction of sp³-hybridized carbons (Fsp3) is 0. The third-order valence-corrected chi connectivity index (χ3v) is 3.12. The van der Waals surface area contributed by atoms with Gasteiger partial charge in [0.2, 0.25) is 0 Å². The van der Waals surface area contributed by atoms with Gasteiger partial charge in [-0.05, 0) is 22.0 Å². The summed E-state index contributed by atoms with van der Waals surface area (Å²) in [5.41, 5.74) is 0.127. The highest BCUT2D eigenvalue weighted by Gasteiger charge is 2.14. The van der Waals surface area contributed by atoms with E-state index >= 15 is 0 Å². The Morgan fingerprint density at radius 3 is 2.80 bits per heavy atom. The molecule has 1 amide bonds. The molecule has 0 saturated heterocycles. The zero-order chi connectivity index (χ0) is 14.7. The van der Waals surface area contributed by atoms with E-state index in [0.717, 1.165) is 0 Å². The fourth-order valence-electron chi connectivity index (χ4n) is 1.36. The number of aromatic nitrogens is 2. The van der Waals surface area contributed by atoms with Crippen LogP contribution in [0.2, 0.25) is 5.15 Å². The molecule has 0 spiro atoms. The lowest BCUT2D eigenvalue weighted by Gasteiger charge is -2.06. The summed E-state index contributed by atoms with van der Waals surface area (Å²) in [4.78, 5) is 29.6. The van der Waals surface area contributed by atoms with Gasteiger partial charge in [-0.25, -0.2) is 4.98 Å². The van der Waals surface area contributed by atoms with Crippen molar-refractivity contribution in [1.82, 2.24) is 9.97 Å². The summed E-state index contributed by atoms with van der Waals surface area (Å²) >= 11 is 8.83. The molecule has 2 aromatic rings. The Morgan fingerprint density at radius 2 is 2.15 bits per heavy atom. The van der Waals surface area contributed by atoms with Crippen molar-refractivity contribution in [3.05, 3.63) is 56.0 Å². The van der Waals surface area contributed by atoms with E-state index < -0.39 is 10.8 Å². The van der Waals surface area contributed by atoms with Crippen molar-refractivity contribution in [3.63, 3.8) is 0 Å². The molecule has 0 atom stereocenters. The number of carbonyl (C=O) groups excluding carboxylic acids is 1. The molecule has 102 valence electrons. The Bertz CT molecular complexity index is 695. The Morgan fingerprint density at radius 1 is 1.40 bits per heavy atom. The number of non-ortho nitro benzene ring substituents is 1. The summed E-state index contributed by atoms with van der Waals surface area (Å²) < 4.78 is 0.506. The van der Waals surface area contributed by atoms with Gasteiger partial charge in [-0.15, -0.1) is 0 Å². The standard InChI is InChI=1S/C11H6BrClN4O3/c12-7-2-1-6(17(19)20)3-8(7)16-11(18)9-4-14-5-10(13)15-9/h1-5H,(H,16,18). The van der Waals surface area contributed by atoms with E-state index in [-0.39, 0.29) is 22.2 Å². The number of anilines is 1. The normalized spacial score (nSPS) is 10.1. The molecule has 2 rings (SSSR count). The first-order valence-corrected chi connectivity index (χ1v) is 6.37. The number of amides is 1. The number of rotatable bonds is 3. The van der Waals surface area contributed by atoms with Crippen molar-refractivity contribution in [3.8, 4) is 0 Å². The minimum Gasteiger partial charge on any atom is -0.319 e. The SMILES string of the molecule is O=C(Nc1cc([N+](=O)[O-])ccc1Br)c1cncc(Cl)n1. The third-order valence-electron chi connectivity index (χ3n) is 2.25. The average molecular weight is 358 g/mol. The first-order chi connectivity index (χ1) is 9.47. The molecule has 0 aliphatic heterocycles. The van der Waals surface area contributed by atoms with Crippen molar-refractivity contribution in [2.24, 2.45) is 0 Å². The number of nitro groups is 1. The van der Waals surface area contributed by atoms with Crippen LogP contribution in [0.1, 0.15) is 10.5 Å². The molecule has 0 unspecified atom stereocenters. The van der Waals surface area contributed by atoms with Crippen LogP contribution < -0.4 is 5.32 Å². The van der Waals surface area contributed by atoms with Gasteiger partial charge in [0.1, 0.15) is 10.8 Å². The zero-order valence-electron chi connectivity index (χ0n) is 9.71. The number of carbonyl (C=O) groups is 1. The first-order valence-electron chi connectivity index (χ1n) is 5.20. The third kappa shape index (κ3) is 3.28. The van der Waals surface area contributed by atoms with Gasteiger partial charge >= 0.3 is 0 Å². The highest BCUT2D eigenvalue weighted by atomic mass is 79.9. The van der Waals surface area contributed by atoms with Crippen LogP contribution in [0.25, 0.3) is 0 Å². The molecule has 0 aliphatic rings. The number of nitro benzene ring substituents is 1. The molecule has 9 heteroatoms. The number of benzene rings is 1. The van der Waals surface area contributed by atoms with Gasteiger partial charge in [0.05, 0.1) is 23.0 Å². The molecule has 0 saturated carbocycles. The molecule has 0 radical (unpaired) electrons. The summed E-state index contributed by atoms with van der Waals surface area (Å²) in [6, 6.07) is 4.02. The lowest BCUT2D eigenvalue weighted by atomic mass is 10.2. The molecule has 0 bridgehead atoms. The second-order valence-electron chi connectivity index (χ2n) is 3.60. The minimum absolute atomic E-state index is 0.0101. The first kappa shape index (κ1) is 14.4. The van der Waals surface area contributed by atoms with Crippen LogP contribution in [-0.2, 0) is 0 Å². The van der Waals surface area contributed by atoms with Crippen molar-refractivity contribution in [1.29, 1.82) is 0 Å². The molecule has 1 aromatic carbocycles. The maximum absolute atomic E-state index is 11.9. The van der Waals surface area contributed by atoms with E-state index in [1.807, 2.05) is 0 Å². The van der Waals surface area contributed by atoms with E-state index in [4.69, 9.17) is 11.6 Å². The second-order valence-corrected chi connectivity index (χ2v) is 4.84. The van der Waals surface area contributed by atoms with E-state index in [2.05, 4.69) is 31.2 Å². The van der Waals surface area contributed by atoms with E-state index in [1.165, 1.54) is 30.6 Å². The maximum Gasteiger partial charge on any atom is 0.275 e. The van der Waals surface area contributed by atoms with Crippen molar-refractivity contribution < 1.29 is 9.72 Å². The maximum atomic E-state index is 11.9. The lowest BCUT2D eigenvalue weighted by molar-refractivity contribution is -0.384. The quantitative estimate of drug-likeness (QED) is 0.672. The molecule has 1 aromatic heterocycles. The van der Waals surface area contributed by atoms with Gasteiger partial charge < -0.3 is 5.32 Å². The van der Waals surface area contributed by atoms with Gasteiger partial charge in [0.15, 0.2) is 0 Å². The van der Waals surface area contributed by atoms with Crippen molar-refractivity contribution >= 4 is 44.8 Å². The van der Waals surface area contributed by atoms with Crippen LogP contribution in [0.4, 0.5) is 11.4 Å². The average Bonchev–Trinajstić information content (AvgIpc) is 2.41. The molecule has 0 fully saturated rings. The molecular weight excluding hydrogens is 352 g/mol. The fourth-order valence-corrected chi connectivity index (χ4v) is 1.85. The molecule has 0 aliphatic carbocycles. The highest BCUT2D eigenvalue weighted by Crippen LogP contribution is 2.27. The highest BCUT2D eigenvalue weighted by molar-refractivity contribution is 9.10. The number of nitrogens with zero attached hydrogens (tertiary/aromatic N) is 3. The molecule has 20 heavy (non-hydrogen) atoms. The molecule has 1 N–H and O–H groups in total. The molecule has 7 nitrogen and oxygen atoms in total. The summed E-state index contributed by atoms with van der Waals surface area (Å²) in [5, 5.41) is 13.3. The van der Waals surface area contributed by atoms with Crippen LogP contribution in [0.3, 0.4) is 0 Å². The molecular formula is C11H6BrClN4O3. The Labute approximate surface area is 126 Å². The van der Waals surface area contributed by atoms with Gasteiger partial charge in [0.25, 0.3) is 11.6 Å². The molecule has 1 heterocycles. The summed E-state index contributed by atoms with van der Waals surface area (Å²) in [6.45, 7) is 0. The number of halogens is 2. The van der Waals surface area contributed by atoms with Gasteiger partial charge in [0, 0.05) is 16.6 Å². The van der Waals surface area contributed by atoms with Crippen molar-refractivity contribution in [2.45, 2.75) is 0 Å². The van der Waals surface area contributed by atoms with Crippen LogP contribution >= 0.6 is 27.5 Å². The zero-order valence-corrected chi connectivity index (χ0v) is 12.1. The lowest BCUT2D eigenvalue weighted by Crippen LogP contribution is -2.14. The predicted molar refractivity (Wildman–Crippen MR) is 75.8 cm³/mol. The predicted octanol–water partition coefficient (Wildman–Crippen LogP) is 3.05. The Hall–Kier alpha value is -2.06. The van der Waals surface area contributed by atoms with Crippen LogP contribution in [0, 0.1) is 10.1 Å². The minimum atomic E-state index is -0.568. The monoisotopic (exact) mass is 356 g/mol. The summed E-state index contributed by atoms with van der Waals surface area (Å²) in [5.74, 6) is -0.568. The van der Waals surface area contributed by atoms with Crippen LogP contribution in [0.15, 0.2) is 35.1 Å². The van der Waals surface area contributed by atoms with Crippen LogP contribution in [0.5, 0.6) is 0 Å². The van der Waals surface area contributed by atoms with E-state index in [1.54, 1.807) is 0 Å². The van der Waals surface area contributed by atoms with Gasteiger partial charge in [-0.3, -0.25) is 19.9 Å². The largest absolute Gasteiger partial charge is 0.319 e. The Kier molecular flexibility index (Phi) is 4.26. The van der Waals surface area contributed by atoms with E-state index in [9.17, 15) is 14.9 Å². The number of hydrogen-bond donors (Lipinski definition) is 1. The van der Waals surface area contributed by atoms with Crippen LogP contribution in [-0.4, -0.2) is 20.8 Å². The topological polar surface area (TPSA) is 98.0 Å². The summed E-state index contributed by atoms with van der Waals surface area (Å²) in [7, 11) is 0. The number of nitrogens with one attached hydrogen (secondary N) is 1. The van der Waals surface area contributed by atoms with E-state index in [0.29, 0.717) is 4.47 Å². The van der Waals surface area contributed by atoms with Gasteiger partial charge in [-0.1, -0.05) is 11.6 Å². The second kappa shape index (κ2) is 5.93. The Balaban J connectivity index is 2.27. The summed E-state index contributed by atoms with van der Waals surface area (Å²) in [6.07, 6.45) is 2.54. The van der Waals surface area contributed by atoms with Crippen molar-refractivity contribution in [2.75, 3.05) is 5.32 Å². The smallest absolute Gasteiger partial charge is 0.275 e. The number of hydrogen-bond acceptors (Lipinski definition) is 5.